The van der Waals surface area contributed by atoms with Crippen molar-refractivity contribution < 1.29 is 13.2 Å². The molecule has 4 nitrogen and oxygen atoms in total. The van der Waals surface area contributed by atoms with Crippen LogP contribution in [-0.4, -0.2) is 14.3 Å². The Morgan fingerprint density at radius 2 is 1.94 bits per heavy atom. The SMILES string of the molecule is CC(C)(C)c1cccc(C2CC(=O)NS2(=O)=O)c1. The molecule has 1 heterocycles. The van der Waals surface area contributed by atoms with Crippen molar-refractivity contribution in [1.29, 1.82) is 0 Å². The van der Waals surface area contributed by atoms with Crippen LogP contribution < -0.4 is 4.72 Å². The monoisotopic (exact) mass is 267 g/mol. The van der Waals surface area contributed by atoms with Crippen LogP contribution in [0.5, 0.6) is 0 Å². The maximum atomic E-state index is 11.8. The second-order valence-electron chi connectivity index (χ2n) is 5.64. The molecular formula is C13H17NO3S. The molecule has 1 atom stereocenters. The van der Waals surface area contributed by atoms with Gasteiger partial charge in [-0.2, -0.15) is 0 Å². The lowest BCUT2D eigenvalue weighted by molar-refractivity contribution is -0.118. The highest BCUT2D eigenvalue weighted by Crippen LogP contribution is 2.32. The summed E-state index contributed by atoms with van der Waals surface area (Å²) in [5.41, 5.74) is 1.70. The van der Waals surface area contributed by atoms with Crippen molar-refractivity contribution in [3.8, 4) is 0 Å². The lowest BCUT2D eigenvalue weighted by Gasteiger charge is -2.20. The van der Waals surface area contributed by atoms with Crippen molar-refractivity contribution in [2.75, 3.05) is 0 Å². The van der Waals surface area contributed by atoms with Crippen LogP contribution in [0, 0.1) is 0 Å². The fourth-order valence-electron chi connectivity index (χ4n) is 2.05. The normalized spacial score (nSPS) is 22.8. The molecule has 1 aliphatic rings. The molecule has 1 fully saturated rings. The molecule has 1 unspecified atom stereocenters. The quantitative estimate of drug-likeness (QED) is 0.845. The van der Waals surface area contributed by atoms with Gasteiger partial charge in [0.15, 0.2) is 0 Å². The molecule has 1 aromatic rings. The minimum absolute atomic E-state index is 0.00985. The number of hydrogen-bond acceptors (Lipinski definition) is 3. The molecule has 1 N–H and O–H groups in total. The number of carbonyl (C=O) groups is 1. The molecule has 0 radical (unpaired) electrons. The summed E-state index contributed by atoms with van der Waals surface area (Å²) in [6.07, 6.45) is 0.00985. The van der Waals surface area contributed by atoms with Crippen LogP contribution in [0.15, 0.2) is 24.3 Å². The largest absolute Gasteiger partial charge is 0.274 e. The third kappa shape index (κ3) is 2.41. The molecule has 0 saturated carbocycles. The van der Waals surface area contributed by atoms with Crippen LogP contribution >= 0.6 is 0 Å². The van der Waals surface area contributed by atoms with Crippen LogP contribution in [0.25, 0.3) is 0 Å². The molecule has 1 aliphatic heterocycles. The molecule has 0 spiro atoms. The van der Waals surface area contributed by atoms with Crippen molar-refractivity contribution in [2.24, 2.45) is 0 Å². The second kappa shape index (κ2) is 4.09. The Morgan fingerprint density at radius 3 is 2.44 bits per heavy atom. The van der Waals surface area contributed by atoms with E-state index in [1.165, 1.54) is 0 Å². The summed E-state index contributed by atoms with van der Waals surface area (Å²) in [6.45, 7) is 6.20. The van der Waals surface area contributed by atoms with Crippen molar-refractivity contribution >= 4 is 15.9 Å². The molecule has 0 bridgehead atoms. The third-order valence-electron chi connectivity index (χ3n) is 3.13. The van der Waals surface area contributed by atoms with Crippen LogP contribution in [0.4, 0.5) is 0 Å². The number of carbonyl (C=O) groups excluding carboxylic acids is 1. The van der Waals surface area contributed by atoms with Crippen molar-refractivity contribution in [1.82, 2.24) is 4.72 Å². The summed E-state index contributed by atoms with van der Waals surface area (Å²) in [6, 6.07) is 7.45. The van der Waals surface area contributed by atoms with Crippen LogP contribution in [0.3, 0.4) is 0 Å². The van der Waals surface area contributed by atoms with E-state index in [0.717, 1.165) is 5.56 Å². The van der Waals surface area contributed by atoms with Gasteiger partial charge < -0.3 is 0 Å². The minimum atomic E-state index is -3.55. The van der Waals surface area contributed by atoms with Gasteiger partial charge in [0.1, 0.15) is 5.25 Å². The molecule has 1 amide bonds. The first-order valence-corrected chi connectivity index (χ1v) is 7.40. The highest BCUT2D eigenvalue weighted by atomic mass is 32.2. The third-order valence-corrected chi connectivity index (χ3v) is 4.83. The number of sulfonamides is 1. The van der Waals surface area contributed by atoms with Gasteiger partial charge in [0, 0.05) is 0 Å². The van der Waals surface area contributed by atoms with Gasteiger partial charge in [0.2, 0.25) is 15.9 Å². The minimum Gasteiger partial charge on any atom is -0.274 e. The van der Waals surface area contributed by atoms with E-state index in [1.807, 2.05) is 22.9 Å². The van der Waals surface area contributed by atoms with E-state index in [-0.39, 0.29) is 11.8 Å². The number of benzene rings is 1. The van der Waals surface area contributed by atoms with Crippen LogP contribution in [0.1, 0.15) is 43.6 Å². The second-order valence-corrected chi connectivity index (χ2v) is 7.50. The van der Waals surface area contributed by atoms with Crippen LogP contribution in [0.2, 0.25) is 0 Å². The first-order valence-electron chi connectivity index (χ1n) is 5.85. The Bertz CT molecular complexity index is 584. The molecule has 1 saturated heterocycles. The van der Waals surface area contributed by atoms with Crippen molar-refractivity contribution in [3.63, 3.8) is 0 Å². The zero-order chi connectivity index (χ0) is 13.6. The summed E-state index contributed by atoms with van der Waals surface area (Å²) < 4.78 is 25.6. The van der Waals surface area contributed by atoms with Gasteiger partial charge in [-0.25, -0.2) is 8.42 Å². The highest BCUT2D eigenvalue weighted by Gasteiger charge is 2.38. The molecule has 5 heteroatoms. The molecular weight excluding hydrogens is 250 g/mol. The Labute approximate surface area is 107 Å². The van der Waals surface area contributed by atoms with Gasteiger partial charge in [-0.3, -0.25) is 9.52 Å². The van der Waals surface area contributed by atoms with E-state index >= 15 is 0 Å². The van der Waals surface area contributed by atoms with Gasteiger partial charge in [0.25, 0.3) is 0 Å². The first kappa shape index (κ1) is 13.1. The van der Waals surface area contributed by atoms with Gasteiger partial charge in [-0.15, -0.1) is 0 Å². The molecule has 1 aromatic carbocycles. The standard InChI is InChI=1S/C13H17NO3S/c1-13(2,3)10-6-4-5-9(7-10)11-8-12(15)14-18(11,16)17/h4-7,11H,8H2,1-3H3,(H,14,15). The van der Waals surface area contributed by atoms with Gasteiger partial charge in [-0.05, 0) is 16.5 Å². The average Bonchev–Trinajstić information content (AvgIpc) is 2.51. The molecule has 2 rings (SSSR count). The summed E-state index contributed by atoms with van der Waals surface area (Å²) >= 11 is 0. The maximum absolute atomic E-state index is 11.8. The lowest BCUT2D eigenvalue weighted by Crippen LogP contribution is -2.22. The average molecular weight is 267 g/mol. The zero-order valence-corrected chi connectivity index (χ0v) is 11.5. The predicted octanol–water partition coefficient (Wildman–Crippen LogP) is 1.87. The topological polar surface area (TPSA) is 63.2 Å². The number of rotatable bonds is 1. The van der Waals surface area contributed by atoms with Crippen molar-refractivity contribution in [3.05, 3.63) is 35.4 Å². The fraction of sp³-hybridized carbons (Fsp3) is 0.462. The van der Waals surface area contributed by atoms with E-state index in [2.05, 4.69) is 20.8 Å². The summed E-state index contributed by atoms with van der Waals surface area (Å²) in [5.74, 6) is -0.429. The summed E-state index contributed by atoms with van der Waals surface area (Å²) in [5, 5.41) is -0.757. The summed E-state index contributed by atoms with van der Waals surface area (Å²) in [7, 11) is -3.55. The first-order chi connectivity index (χ1) is 8.20. The van der Waals surface area contributed by atoms with Gasteiger partial charge >= 0.3 is 0 Å². The molecule has 98 valence electrons. The van der Waals surface area contributed by atoms with E-state index in [0.29, 0.717) is 5.56 Å². The van der Waals surface area contributed by atoms with Crippen LogP contribution in [-0.2, 0) is 20.2 Å². The number of amides is 1. The Kier molecular flexibility index (Phi) is 2.97. The smallest absolute Gasteiger partial charge is 0.242 e. The maximum Gasteiger partial charge on any atom is 0.242 e. The van der Waals surface area contributed by atoms with Gasteiger partial charge in [-0.1, -0.05) is 45.0 Å². The fourth-order valence-corrected chi connectivity index (χ4v) is 3.47. The van der Waals surface area contributed by atoms with Crippen molar-refractivity contribution in [2.45, 2.75) is 37.9 Å². The van der Waals surface area contributed by atoms with Gasteiger partial charge in [0.05, 0.1) is 6.42 Å². The molecule has 0 aliphatic carbocycles. The molecule has 18 heavy (non-hydrogen) atoms. The van der Waals surface area contributed by atoms with E-state index < -0.39 is 21.2 Å². The predicted molar refractivity (Wildman–Crippen MR) is 69.6 cm³/mol. The zero-order valence-electron chi connectivity index (χ0n) is 10.7. The van der Waals surface area contributed by atoms with E-state index in [1.54, 1.807) is 6.07 Å². The summed E-state index contributed by atoms with van der Waals surface area (Å²) in [4.78, 5) is 11.2. The Hall–Kier alpha value is -1.36. The Balaban J connectivity index is 2.44. The number of hydrogen-bond donors (Lipinski definition) is 1. The highest BCUT2D eigenvalue weighted by molar-refractivity contribution is 7.90. The number of nitrogens with one attached hydrogen (secondary N) is 1. The Morgan fingerprint density at radius 1 is 1.28 bits per heavy atom. The van der Waals surface area contributed by atoms with E-state index in [9.17, 15) is 13.2 Å². The lowest BCUT2D eigenvalue weighted by atomic mass is 9.86. The van der Waals surface area contributed by atoms with E-state index in [4.69, 9.17) is 0 Å². The molecule has 0 aromatic heterocycles.